The smallest absolute Gasteiger partial charge is 0.325 e. The first-order valence-corrected chi connectivity index (χ1v) is 9.60. The summed E-state index contributed by atoms with van der Waals surface area (Å²) in [6.07, 6.45) is 3.46. The zero-order valence-electron chi connectivity index (χ0n) is 15.4. The number of Topliss-reactive ketones (excluding diaryl/α,β-unsaturated/α-hetero) is 1. The number of hydrogen-bond acceptors (Lipinski definition) is 4. The molecule has 0 unspecified atom stereocenters. The Bertz CT molecular complexity index is 1020. The average molecular weight is 376 g/mol. The van der Waals surface area contributed by atoms with Crippen molar-refractivity contribution in [2.45, 2.75) is 31.2 Å². The number of carbonyl (C=O) groups excluding carboxylic acids is 3. The summed E-state index contributed by atoms with van der Waals surface area (Å²) in [5.74, 6) is -0.0208. The van der Waals surface area contributed by atoms with Gasteiger partial charge < -0.3 is 10.1 Å². The lowest BCUT2D eigenvalue weighted by molar-refractivity contribution is -0.132. The number of benzene rings is 2. The van der Waals surface area contributed by atoms with Gasteiger partial charge in [0.15, 0.2) is 11.3 Å². The molecule has 3 aliphatic rings. The van der Waals surface area contributed by atoms with Gasteiger partial charge >= 0.3 is 6.03 Å². The largest absolute Gasteiger partial charge is 0.493 e. The Morgan fingerprint density at radius 3 is 2.82 bits per heavy atom. The Labute approximate surface area is 162 Å². The molecule has 28 heavy (non-hydrogen) atoms. The van der Waals surface area contributed by atoms with Crippen LogP contribution < -0.4 is 10.1 Å². The Morgan fingerprint density at radius 2 is 1.93 bits per heavy atom. The molecule has 2 aromatic rings. The van der Waals surface area contributed by atoms with E-state index in [0.717, 1.165) is 24.2 Å². The number of ether oxygens (including phenoxy) is 1. The highest BCUT2D eigenvalue weighted by atomic mass is 16.5. The van der Waals surface area contributed by atoms with Crippen molar-refractivity contribution in [3.05, 3.63) is 64.7 Å². The van der Waals surface area contributed by atoms with Crippen LogP contribution in [0.5, 0.6) is 5.75 Å². The zero-order valence-corrected chi connectivity index (χ0v) is 15.4. The molecule has 1 fully saturated rings. The van der Waals surface area contributed by atoms with Gasteiger partial charge in [0.1, 0.15) is 5.75 Å². The number of urea groups is 1. The van der Waals surface area contributed by atoms with E-state index in [4.69, 9.17) is 4.74 Å². The van der Waals surface area contributed by atoms with Gasteiger partial charge in [0.05, 0.1) is 13.2 Å². The first-order chi connectivity index (χ1) is 13.6. The maximum absolute atomic E-state index is 13.2. The predicted octanol–water partition coefficient (Wildman–Crippen LogP) is 2.59. The second-order valence-corrected chi connectivity index (χ2v) is 7.58. The minimum atomic E-state index is -1.15. The summed E-state index contributed by atoms with van der Waals surface area (Å²) in [6, 6.07) is 12.4. The van der Waals surface area contributed by atoms with Crippen LogP contribution in [0.3, 0.4) is 0 Å². The fourth-order valence-corrected chi connectivity index (χ4v) is 4.50. The van der Waals surface area contributed by atoms with Gasteiger partial charge in [-0.2, -0.15) is 0 Å². The fourth-order valence-electron chi connectivity index (χ4n) is 4.50. The van der Waals surface area contributed by atoms with E-state index in [9.17, 15) is 14.4 Å². The highest BCUT2D eigenvalue weighted by Crippen LogP contribution is 2.41. The Balaban J connectivity index is 1.42. The molecule has 1 N–H and O–H groups in total. The summed E-state index contributed by atoms with van der Waals surface area (Å²) in [5.41, 5.74) is 2.52. The number of imide groups is 1. The Morgan fingerprint density at radius 1 is 1.11 bits per heavy atom. The summed E-state index contributed by atoms with van der Waals surface area (Å²) in [6.45, 7) is 0.0733. The molecule has 1 saturated heterocycles. The first-order valence-electron chi connectivity index (χ1n) is 9.60. The quantitative estimate of drug-likeness (QED) is 0.660. The van der Waals surface area contributed by atoms with E-state index in [1.807, 2.05) is 24.3 Å². The molecule has 1 aliphatic carbocycles. The molecular formula is C22H20N2O4. The minimum Gasteiger partial charge on any atom is -0.493 e. The van der Waals surface area contributed by atoms with Crippen LogP contribution in [0.4, 0.5) is 4.79 Å². The number of nitrogens with zero attached hydrogens (tertiary/aromatic N) is 1. The van der Waals surface area contributed by atoms with E-state index in [2.05, 4.69) is 5.32 Å². The minimum absolute atomic E-state index is 0.226. The molecule has 0 aromatic heterocycles. The average Bonchev–Trinajstić information content (AvgIpc) is 3.27. The van der Waals surface area contributed by atoms with Crippen LogP contribution in [-0.2, 0) is 23.2 Å². The van der Waals surface area contributed by atoms with E-state index in [0.29, 0.717) is 29.9 Å². The zero-order chi connectivity index (χ0) is 19.3. The summed E-state index contributed by atoms with van der Waals surface area (Å²) >= 11 is 0. The van der Waals surface area contributed by atoms with E-state index in [-0.39, 0.29) is 18.2 Å². The molecule has 6 heteroatoms. The van der Waals surface area contributed by atoms with Crippen LogP contribution in [0.2, 0.25) is 0 Å². The number of fused-ring (bicyclic) bond motifs is 3. The van der Waals surface area contributed by atoms with Gasteiger partial charge in [-0.3, -0.25) is 14.5 Å². The molecule has 1 spiro atoms. The third-order valence-corrected chi connectivity index (χ3v) is 5.98. The van der Waals surface area contributed by atoms with Crippen LogP contribution in [0, 0.1) is 0 Å². The topological polar surface area (TPSA) is 75.7 Å². The summed E-state index contributed by atoms with van der Waals surface area (Å²) in [4.78, 5) is 39.7. The van der Waals surface area contributed by atoms with Gasteiger partial charge in [-0.15, -0.1) is 0 Å². The Kier molecular flexibility index (Phi) is 3.75. The second-order valence-electron chi connectivity index (χ2n) is 7.58. The molecule has 0 saturated carbocycles. The monoisotopic (exact) mass is 376 g/mol. The molecule has 6 nitrogen and oxygen atoms in total. The van der Waals surface area contributed by atoms with E-state index in [1.54, 1.807) is 18.2 Å². The summed E-state index contributed by atoms with van der Waals surface area (Å²) in [5, 5.41) is 2.83. The number of para-hydroxylation sites is 1. The second kappa shape index (κ2) is 6.19. The van der Waals surface area contributed by atoms with Crippen LogP contribution in [-0.4, -0.2) is 35.8 Å². The molecule has 0 radical (unpaired) electrons. The van der Waals surface area contributed by atoms with Crippen molar-refractivity contribution in [2.75, 3.05) is 13.2 Å². The normalized spacial score (nSPS) is 22.6. The summed E-state index contributed by atoms with van der Waals surface area (Å²) < 4.78 is 5.63. The number of hydrogen-bond donors (Lipinski definition) is 1. The number of ketones is 1. The van der Waals surface area contributed by atoms with Crippen molar-refractivity contribution >= 4 is 17.7 Å². The maximum atomic E-state index is 13.2. The number of nitrogens with one attached hydrogen (secondary N) is 1. The Hall–Kier alpha value is -3.15. The lowest BCUT2D eigenvalue weighted by atomic mass is 9.84. The SMILES string of the molecule is O=C(CN1C(=O)N[C@@]2(CCOc3ccccc32)C1=O)c1ccc2c(c1)CCC2. The van der Waals surface area contributed by atoms with Crippen molar-refractivity contribution < 1.29 is 19.1 Å². The van der Waals surface area contributed by atoms with Gasteiger partial charge in [0.25, 0.3) is 5.91 Å². The molecule has 2 heterocycles. The van der Waals surface area contributed by atoms with Crippen LogP contribution in [0.1, 0.15) is 39.9 Å². The van der Waals surface area contributed by atoms with Crippen molar-refractivity contribution in [1.29, 1.82) is 0 Å². The third-order valence-electron chi connectivity index (χ3n) is 5.98. The van der Waals surface area contributed by atoms with E-state index < -0.39 is 11.6 Å². The number of rotatable bonds is 3. The predicted molar refractivity (Wildman–Crippen MR) is 101 cm³/mol. The van der Waals surface area contributed by atoms with Gasteiger partial charge in [-0.1, -0.05) is 30.3 Å². The molecule has 2 aliphatic heterocycles. The van der Waals surface area contributed by atoms with Crippen molar-refractivity contribution in [3.8, 4) is 5.75 Å². The lowest BCUT2D eigenvalue weighted by Crippen LogP contribution is -2.47. The molecule has 3 amide bonds. The molecular weight excluding hydrogens is 356 g/mol. The van der Waals surface area contributed by atoms with E-state index >= 15 is 0 Å². The van der Waals surface area contributed by atoms with Gasteiger partial charge in [0.2, 0.25) is 0 Å². The standard InChI is InChI=1S/C22H20N2O4/c25-18(16-9-8-14-4-3-5-15(14)12-16)13-24-20(26)22(23-21(24)27)10-11-28-19-7-2-1-6-17(19)22/h1-2,6-9,12H,3-5,10-11,13H2,(H,23,27)/t22-/m1/s1. The van der Waals surface area contributed by atoms with Crippen molar-refractivity contribution in [2.24, 2.45) is 0 Å². The lowest BCUT2D eigenvalue weighted by Gasteiger charge is -2.33. The first kappa shape index (κ1) is 17.0. The van der Waals surface area contributed by atoms with Crippen LogP contribution in [0.15, 0.2) is 42.5 Å². The van der Waals surface area contributed by atoms with Gasteiger partial charge in [0, 0.05) is 17.5 Å². The maximum Gasteiger partial charge on any atom is 0.325 e. The van der Waals surface area contributed by atoms with Crippen molar-refractivity contribution in [1.82, 2.24) is 10.2 Å². The van der Waals surface area contributed by atoms with Crippen molar-refractivity contribution in [3.63, 3.8) is 0 Å². The third kappa shape index (κ3) is 2.44. The highest BCUT2D eigenvalue weighted by molar-refractivity contribution is 6.11. The van der Waals surface area contributed by atoms with Crippen LogP contribution >= 0.6 is 0 Å². The molecule has 1 atom stereocenters. The fraction of sp³-hybridized carbons (Fsp3) is 0.318. The number of carbonyl (C=O) groups is 3. The molecule has 2 aromatic carbocycles. The molecule has 142 valence electrons. The summed E-state index contributed by atoms with van der Waals surface area (Å²) in [7, 11) is 0. The van der Waals surface area contributed by atoms with Gasteiger partial charge in [-0.05, 0) is 42.5 Å². The van der Waals surface area contributed by atoms with Gasteiger partial charge in [-0.25, -0.2) is 4.79 Å². The molecule has 5 rings (SSSR count). The highest BCUT2D eigenvalue weighted by Gasteiger charge is 2.55. The number of aryl methyl sites for hydroxylation is 2. The van der Waals surface area contributed by atoms with E-state index in [1.165, 1.54) is 11.1 Å². The number of amides is 3. The molecule has 0 bridgehead atoms. The van der Waals surface area contributed by atoms with Crippen LogP contribution in [0.25, 0.3) is 0 Å².